The maximum atomic E-state index is 5.30. The minimum absolute atomic E-state index is 0. The van der Waals surface area contributed by atoms with Crippen LogP contribution in [0.15, 0.2) is 0 Å². The molecule has 0 saturated carbocycles. The van der Waals surface area contributed by atoms with Crippen LogP contribution in [0.1, 0.15) is 19.8 Å². The van der Waals surface area contributed by atoms with Crippen LogP contribution in [-0.2, 0) is 0 Å². The van der Waals surface area contributed by atoms with Gasteiger partial charge in [-0.25, -0.2) is 0 Å². The number of halogens is 1. The molecule has 3 heteroatoms. The van der Waals surface area contributed by atoms with Gasteiger partial charge in [-0.1, -0.05) is 13.3 Å². The number of unbranched alkanes of at least 4 members (excludes halogenated alkanes) is 1. The summed E-state index contributed by atoms with van der Waals surface area (Å²) in [6.45, 7) is 2.13. The largest absolute Gasteiger partial charge is 0 e. The van der Waals surface area contributed by atoms with Gasteiger partial charge in [0.05, 0.1) is 0 Å². The summed E-state index contributed by atoms with van der Waals surface area (Å²) in [7, 11) is 0. The topological polar surface area (TPSA) is 0 Å². The molecule has 0 saturated heterocycles. The molecule has 0 unspecified atom stereocenters. The molecule has 0 amide bonds. The molecule has 0 spiro atoms. The molecule has 0 heterocycles. The fourth-order valence-corrected chi connectivity index (χ4v) is 0.401. The fraction of sp³-hybridized carbons (Fsp3) is 1.00. The molecule has 0 aliphatic carbocycles. The zero-order chi connectivity index (χ0) is 4.12. The van der Waals surface area contributed by atoms with Crippen LogP contribution in [0.4, 0.5) is 0 Å². The number of alkyl halides is 1. The summed E-state index contributed by atoms with van der Waals surface area (Å²) in [5, 5.41) is 0. The first-order valence-corrected chi connectivity index (χ1v) is 2.51. The summed E-state index contributed by atoms with van der Waals surface area (Å²) in [6, 6.07) is 0. The Morgan fingerprint density at radius 2 is 1.86 bits per heavy atom. The summed E-state index contributed by atoms with van der Waals surface area (Å²) in [4.78, 5) is 0. The monoisotopic (exact) mass is 242 g/mol. The maximum Gasteiger partial charge on any atom is 0 e. The predicted octanol–water partition coefficient (Wildman–Crippen LogP) is 1.38. The smallest absolute Gasteiger partial charge is 0 e. The van der Waals surface area contributed by atoms with Crippen LogP contribution < -0.4 is 0 Å². The summed E-state index contributed by atoms with van der Waals surface area (Å²) < 4.78 is 0. The third-order valence-electron chi connectivity index (χ3n) is 0.487. The molecule has 0 aromatic carbocycles. The van der Waals surface area contributed by atoms with Gasteiger partial charge in [-0.2, -0.15) is 0 Å². The van der Waals surface area contributed by atoms with E-state index in [2.05, 4.69) is 6.92 Å². The van der Waals surface area contributed by atoms with E-state index in [9.17, 15) is 0 Å². The van der Waals surface area contributed by atoms with Crippen molar-refractivity contribution in [1.29, 1.82) is 0 Å². The Kier molecular flexibility index (Phi) is 36.2. The molecule has 0 aromatic rings. The van der Waals surface area contributed by atoms with E-state index >= 15 is 0 Å². The molecule has 0 atom stereocenters. The van der Waals surface area contributed by atoms with Crippen LogP contribution in [0.25, 0.3) is 0 Å². The fourth-order valence-electron chi connectivity index (χ4n) is 0.134. The summed E-state index contributed by atoms with van der Waals surface area (Å²) in [5.74, 6) is 0.816. The summed E-state index contributed by atoms with van der Waals surface area (Å²) in [6.07, 6.45) is 2.37. The average Bonchev–Trinajstić information content (AvgIpc) is 1.41. The Hall–Kier alpha value is 2.24. The van der Waals surface area contributed by atoms with Crippen molar-refractivity contribution in [2.24, 2.45) is 0 Å². The van der Waals surface area contributed by atoms with Crippen molar-refractivity contribution in [3.05, 3.63) is 0 Å². The van der Waals surface area contributed by atoms with Gasteiger partial charge in [0.2, 0.25) is 0 Å². The normalized spacial score (nSPS) is 6.00. The molecule has 0 aliphatic rings. The van der Waals surface area contributed by atoms with Crippen molar-refractivity contribution < 1.29 is 40.8 Å². The van der Waals surface area contributed by atoms with Gasteiger partial charge in [-0.15, -0.1) is 11.6 Å². The maximum absolute atomic E-state index is 5.30. The van der Waals surface area contributed by atoms with Crippen molar-refractivity contribution in [1.82, 2.24) is 0 Å². The Balaban J connectivity index is -0.0000000800. The molecule has 0 fully saturated rings. The second-order valence-corrected chi connectivity index (χ2v) is 1.42. The van der Waals surface area contributed by atoms with E-state index in [4.69, 9.17) is 11.6 Å². The van der Waals surface area contributed by atoms with Gasteiger partial charge in [0.1, 0.15) is 0 Å². The van der Waals surface area contributed by atoms with E-state index in [1.165, 1.54) is 6.42 Å². The third kappa shape index (κ3) is 17.8. The van der Waals surface area contributed by atoms with Gasteiger partial charge in [0.15, 0.2) is 0 Å². The number of rotatable bonds is 2. The van der Waals surface area contributed by atoms with Gasteiger partial charge >= 0.3 is 18.9 Å². The molecular formula is C4H10ClLiNd. The minimum atomic E-state index is 0. The van der Waals surface area contributed by atoms with Crippen LogP contribution in [0.5, 0.6) is 0 Å². The van der Waals surface area contributed by atoms with Gasteiger partial charge < -0.3 is 0 Å². The van der Waals surface area contributed by atoms with Gasteiger partial charge in [0, 0.05) is 46.7 Å². The Morgan fingerprint density at radius 1 is 1.43 bits per heavy atom. The quantitative estimate of drug-likeness (QED) is 0.509. The molecule has 38 valence electrons. The molecule has 0 N–H and O–H groups in total. The zero-order valence-corrected chi connectivity index (χ0v) is 7.96. The van der Waals surface area contributed by atoms with E-state index in [1.54, 1.807) is 0 Å². The standard InChI is InChI=1S/C4H9Cl.Li.Nd.H/c1-2-3-4-5;;;/h2-4H2,1H3;;;. The minimum Gasteiger partial charge on any atom is 0 e. The van der Waals surface area contributed by atoms with Crippen molar-refractivity contribution in [2.45, 2.75) is 19.8 Å². The van der Waals surface area contributed by atoms with Crippen LogP contribution in [0.2, 0.25) is 0 Å². The molecule has 0 radical (unpaired) electrons. The van der Waals surface area contributed by atoms with E-state index in [1.807, 2.05) is 0 Å². The van der Waals surface area contributed by atoms with Crippen molar-refractivity contribution in [3.8, 4) is 0 Å². The molecule has 0 nitrogen and oxygen atoms in total. The zero-order valence-electron chi connectivity index (χ0n) is 4.00. The summed E-state index contributed by atoms with van der Waals surface area (Å²) in [5.41, 5.74) is 0. The van der Waals surface area contributed by atoms with Crippen LogP contribution in [0.3, 0.4) is 0 Å². The SMILES string of the molecule is CCCCCl.[LiH].[Nd]. The van der Waals surface area contributed by atoms with Crippen LogP contribution in [0, 0.1) is 40.8 Å². The first-order chi connectivity index (χ1) is 2.41. The van der Waals surface area contributed by atoms with Crippen molar-refractivity contribution in [2.75, 3.05) is 5.88 Å². The third-order valence-corrected chi connectivity index (χ3v) is 0.754. The Morgan fingerprint density at radius 3 is 1.86 bits per heavy atom. The first-order valence-electron chi connectivity index (χ1n) is 1.97. The Labute approximate surface area is 95.5 Å². The molecular weight excluding hydrogens is 235 g/mol. The van der Waals surface area contributed by atoms with E-state index < -0.39 is 0 Å². The molecule has 0 aliphatic heterocycles. The molecule has 0 bridgehead atoms. The predicted molar refractivity (Wildman–Crippen MR) is 32.8 cm³/mol. The van der Waals surface area contributed by atoms with Gasteiger partial charge in [-0.3, -0.25) is 0 Å². The number of hydrogen-bond donors (Lipinski definition) is 0. The average molecular weight is 245 g/mol. The van der Waals surface area contributed by atoms with Crippen molar-refractivity contribution >= 4 is 30.5 Å². The summed E-state index contributed by atoms with van der Waals surface area (Å²) >= 11 is 5.30. The number of hydrogen-bond acceptors (Lipinski definition) is 0. The van der Waals surface area contributed by atoms with Gasteiger partial charge in [-0.05, 0) is 6.42 Å². The van der Waals surface area contributed by atoms with E-state index in [0.717, 1.165) is 12.3 Å². The first kappa shape index (κ1) is 16.1. The molecule has 0 aromatic heterocycles. The van der Waals surface area contributed by atoms with Gasteiger partial charge in [0.25, 0.3) is 0 Å². The van der Waals surface area contributed by atoms with Crippen LogP contribution in [-0.4, -0.2) is 24.7 Å². The Bertz CT molecular complexity index is 19.2. The molecule has 0 rings (SSSR count). The van der Waals surface area contributed by atoms with E-state index in [-0.39, 0.29) is 59.7 Å². The van der Waals surface area contributed by atoms with Crippen LogP contribution >= 0.6 is 11.6 Å². The van der Waals surface area contributed by atoms with Crippen molar-refractivity contribution in [3.63, 3.8) is 0 Å². The van der Waals surface area contributed by atoms with E-state index in [0.29, 0.717) is 0 Å². The molecule has 7 heavy (non-hydrogen) atoms. The second-order valence-electron chi connectivity index (χ2n) is 1.04. The second kappa shape index (κ2) is 15.7.